The molecule has 4 rings (SSSR count). The maximum atomic E-state index is 12.6. The summed E-state index contributed by atoms with van der Waals surface area (Å²) in [6.45, 7) is 0.461. The van der Waals surface area contributed by atoms with E-state index in [2.05, 4.69) is 20.6 Å². The average molecular weight is 386 g/mol. The summed E-state index contributed by atoms with van der Waals surface area (Å²) in [5, 5.41) is 5.87. The van der Waals surface area contributed by atoms with Crippen molar-refractivity contribution >= 4 is 17.5 Å². The van der Waals surface area contributed by atoms with Crippen molar-refractivity contribution in [2.75, 3.05) is 10.6 Å². The Labute approximate surface area is 167 Å². The van der Waals surface area contributed by atoms with Crippen LogP contribution in [0.1, 0.15) is 16.1 Å². The van der Waals surface area contributed by atoms with Crippen molar-refractivity contribution < 1.29 is 13.9 Å². The molecule has 0 saturated carbocycles. The number of amides is 1. The number of hydrogen-bond acceptors (Lipinski definition) is 6. The highest BCUT2D eigenvalue weighted by atomic mass is 16.5. The van der Waals surface area contributed by atoms with E-state index in [1.165, 1.54) is 12.4 Å². The highest BCUT2D eigenvalue weighted by Gasteiger charge is 2.11. The summed E-state index contributed by atoms with van der Waals surface area (Å²) in [5.41, 5.74) is 0.893. The summed E-state index contributed by atoms with van der Waals surface area (Å²) in [7, 11) is 0. The first-order valence-corrected chi connectivity index (χ1v) is 8.99. The fourth-order valence-corrected chi connectivity index (χ4v) is 2.58. The summed E-state index contributed by atoms with van der Waals surface area (Å²) in [6, 6.07) is 20.3. The van der Waals surface area contributed by atoms with E-state index in [1.54, 1.807) is 18.4 Å². The molecule has 1 amide bonds. The molecule has 0 aliphatic rings. The zero-order valence-electron chi connectivity index (χ0n) is 15.4. The Morgan fingerprint density at radius 2 is 1.69 bits per heavy atom. The van der Waals surface area contributed by atoms with Crippen LogP contribution in [-0.4, -0.2) is 15.9 Å². The minimum Gasteiger partial charge on any atom is -0.467 e. The lowest BCUT2D eigenvalue weighted by atomic mass is 10.2. The Morgan fingerprint density at radius 1 is 0.931 bits per heavy atom. The molecule has 4 aromatic rings. The molecule has 0 bridgehead atoms. The first-order chi connectivity index (χ1) is 14.3. The topological polar surface area (TPSA) is 89.3 Å². The number of carbonyl (C=O) groups is 1. The van der Waals surface area contributed by atoms with Crippen LogP contribution >= 0.6 is 0 Å². The molecule has 2 aromatic heterocycles. The smallest absolute Gasteiger partial charge is 0.258 e. The highest BCUT2D eigenvalue weighted by molar-refractivity contribution is 6.04. The number of nitrogens with one attached hydrogen (secondary N) is 2. The molecular weight excluding hydrogens is 368 g/mol. The van der Waals surface area contributed by atoms with Gasteiger partial charge in [-0.2, -0.15) is 0 Å². The molecule has 7 nitrogen and oxygen atoms in total. The van der Waals surface area contributed by atoms with Crippen molar-refractivity contribution in [3.63, 3.8) is 0 Å². The van der Waals surface area contributed by atoms with E-state index in [4.69, 9.17) is 9.15 Å². The third kappa shape index (κ3) is 4.78. The van der Waals surface area contributed by atoms with Gasteiger partial charge in [-0.05, 0) is 36.4 Å². The number of furan rings is 1. The zero-order valence-corrected chi connectivity index (χ0v) is 15.4. The Bertz CT molecular complexity index is 1060. The number of para-hydroxylation sites is 3. The van der Waals surface area contributed by atoms with Gasteiger partial charge >= 0.3 is 0 Å². The van der Waals surface area contributed by atoms with Crippen LogP contribution in [0, 0.1) is 0 Å². The van der Waals surface area contributed by atoms with Crippen LogP contribution in [0.2, 0.25) is 0 Å². The molecule has 2 N–H and O–H groups in total. The minimum atomic E-state index is -0.327. The zero-order chi connectivity index (χ0) is 19.9. The Kier molecular flexibility index (Phi) is 5.48. The predicted octanol–water partition coefficient (Wildman–Crippen LogP) is 4.73. The van der Waals surface area contributed by atoms with E-state index in [9.17, 15) is 4.79 Å². The summed E-state index contributed by atoms with van der Waals surface area (Å²) in [4.78, 5) is 20.9. The van der Waals surface area contributed by atoms with Crippen LogP contribution in [0.4, 0.5) is 11.6 Å². The average Bonchev–Trinajstić information content (AvgIpc) is 3.28. The van der Waals surface area contributed by atoms with Gasteiger partial charge in [0.1, 0.15) is 11.5 Å². The molecule has 0 radical (unpaired) electrons. The number of anilines is 2. The molecule has 0 aliphatic heterocycles. The van der Waals surface area contributed by atoms with E-state index in [-0.39, 0.29) is 5.91 Å². The largest absolute Gasteiger partial charge is 0.467 e. The summed E-state index contributed by atoms with van der Waals surface area (Å²) >= 11 is 0. The van der Waals surface area contributed by atoms with E-state index < -0.39 is 0 Å². The van der Waals surface area contributed by atoms with Gasteiger partial charge < -0.3 is 19.8 Å². The number of aromatic nitrogens is 2. The fourth-order valence-electron chi connectivity index (χ4n) is 2.58. The normalized spacial score (nSPS) is 10.3. The second kappa shape index (κ2) is 8.71. The molecule has 2 aromatic carbocycles. The van der Waals surface area contributed by atoms with Crippen LogP contribution in [0.15, 0.2) is 89.8 Å². The second-order valence-electron chi connectivity index (χ2n) is 6.09. The van der Waals surface area contributed by atoms with Crippen LogP contribution < -0.4 is 15.4 Å². The Hall–Kier alpha value is -4.13. The molecule has 7 heteroatoms. The monoisotopic (exact) mass is 386 g/mol. The maximum Gasteiger partial charge on any atom is 0.258 e. The molecule has 0 spiro atoms. The van der Waals surface area contributed by atoms with Crippen molar-refractivity contribution in [3.05, 3.63) is 96.7 Å². The van der Waals surface area contributed by atoms with Gasteiger partial charge in [-0.25, -0.2) is 9.97 Å². The SMILES string of the molecule is O=C(Nc1ccccc1Oc1ccccc1)c1cnc(NCc2ccco2)nc1. The summed E-state index contributed by atoms with van der Waals surface area (Å²) in [6.07, 6.45) is 4.53. The van der Waals surface area contributed by atoms with Crippen molar-refractivity contribution in [2.45, 2.75) is 6.54 Å². The van der Waals surface area contributed by atoms with Gasteiger partial charge in [0, 0.05) is 12.4 Å². The molecule has 0 aliphatic carbocycles. The van der Waals surface area contributed by atoms with Crippen molar-refractivity contribution in [3.8, 4) is 11.5 Å². The lowest BCUT2D eigenvalue weighted by Crippen LogP contribution is -2.14. The number of nitrogens with zero attached hydrogens (tertiary/aromatic N) is 2. The van der Waals surface area contributed by atoms with Crippen molar-refractivity contribution in [2.24, 2.45) is 0 Å². The van der Waals surface area contributed by atoms with E-state index >= 15 is 0 Å². The molecular formula is C22H18N4O3. The van der Waals surface area contributed by atoms with Crippen LogP contribution in [0.3, 0.4) is 0 Å². The minimum absolute atomic E-state index is 0.327. The highest BCUT2D eigenvalue weighted by Crippen LogP contribution is 2.29. The van der Waals surface area contributed by atoms with Crippen molar-refractivity contribution in [1.82, 2.24) is 9.97 Å². The lowest BCUT2D eigenvalue weighted by Gasteiger charge is -2.12. The molecule has 2 heterocycles. The maximum absolute atomic E-state index is 12.6. The van der Waals surface area contributed by atoms with Gasteiger partial charge in [-0.15, -0.1) is 0 Å². The van der Waals surface area contributed by atoms with Crippen LogP contribution in [0.25, 0.3) is 0 Å². The number of hydrogen-bond donors (Lipinski definition) is 2. The van der Waals surface area contributed by atoms with Gasteiger partial charge in [-0.3, -0.25) is 4.79 Å². The quantitative estimate of drug-likeness (QED) is 0.477. The second-order valence-corrected chi connectivity index (χ2v) is 6.09. The fraction of sp³-hybridized carbons (Fsp3) is 0.0455. The number of carbonyl (C=O) groups excluding carboxylic acids is 1. The van der Waals surface area contributed by atoms with Crippen LogP contribution in [-0.2, 0) is 6.54 Å². The third-order valence-electron chi connectivity index (χ3n) is 4.02. The summed E-state index contributed by atoms with van der Waals surface area (Å²) < 4.78 is 11.1. The van der Waals surface area contributed by atoms with Gasteiger partial charge in [0.2, 0.25) is 5.95 Å². The molecule has 29 heavy (non-hydrogen) atoms. The molecule has 144 valence electrons. The Morgan fingerprint density at radius 3 is 2.45 bits per heavy atom. The van der Waals surface area contributed by atoms with E-state index in [0.717, 1.165) is 5.76 Å². The number of benzene rings is 2. The van der Waals surface area contributed by atoms with Gasteiger partial charge in [0.15, 0.2) is 5.75 Å². The molecule has 0 atom stereocenters. The van der Waals surface area contributed by atoms with Gasteiger partial charge in [0.05, 0.1) is 24.1 Å². The Balaban J connectivity index is 1.41. The number of rotatable bonds is 7. The van der Waals surface area contributed by atoms with Crippen LogP contribution in [0.5, 0.6) is 11.5 Å². The lowest BCUT2D eigenvalue weighted by molar-refractivity contribution is 0.102. The number of ether oxygens (including phenoxy) is 1. The van der Waals surface area contributed by atoms with Crippen molar-refractivity contribution in [1.29, 1.82) is 0 Å². The standard InChI is InChI=1S/C22H18N4O3/c27-21(16-13-23-22(24-14-16)25-15-18-9-6-12-28-18)26-19-10-4-5-11-20(19)29-17-7-2-1-3-8-17/h1-14H,15H2,(H,26,27)(H,23,24,25). The van der Waals surface area contributed by atoms with Gasteiger partial charge in [0.25, 0.3) is 5.91 Å². The third-order valence-corrected chi connectivity index (χ3v) is 4.02. The van der Waals surface area contributed by atoms with Gasteiger partial charge in [-0.1, -0.05) is 30.3 Å². The van der Waals surface area contributed by atoms with E-state index in [1.807, 2.05) is 54.6 Å². The molecule has 0 unspecified atom stereocenters. The molecule has 0 saturated heterocycles. The first kappa shape index (κ1) is 18.2. The summed E-state index contributed by atoms with van der Waals surface area (Å²) in [5.74, 6) is 2.08. The molecule has 0 fully saturated rings. The first-order valence-electron chi connectivity index (χ1n) is 8.99. The van der Waals surface area contributed by atoms with E-state index in [0.29, 0.717) is 35.2 Å². The predicted molar refractivity (Wildman–Crippen MR) is 109 cm³/mol.